The molecule has 0 unspecified atom stereocenters. The number of hydrogen-bond acceptors (Lipinski definition) is 6. The van der Waals surface area contributed by atoms with Crippen molar-refractivity contribution < 1.29 is 22.4 Å². The van der Waals surface area contributed by atoms with E-state index in [4.69, 9.17) is 9.15 Å². The highest BCUT2D eigenvalue weighted by Crippen LogP contribution is 2.29. The summed E-state index contributed by atoms with van der Waals surface area (Å²) in [5.74, 6) is 1.67. The predicted molar refractivity (Wildman–Crippen MR) is 136 cm³/mol. The average Bonchev–Trinajstić information content (AvgIpc) is 3.28. The molecule has 8 nitrogen and oxygen atoms in total. The summed E-state index contributed by atoms with van der Waals surface area (Å²) in [4.78, 5) is 16.8. The minimum absolute atomic E-state index is 0.00101. The number of carbonyl (C=O) groups is 1. The maximum atomic E-state index is 12.7. The van der Waals surface area contributed by atoms with Crippen LogP contribution in [0.4, 0.5) is 5.69 Å². The summed E-state index contributed by atoms with van der Waals surface area (Å²) in [5, 5.41) is 2.75. The highest BCUT2D eigenvalue weighted by atomic mass is 32.2. The van der Waals surface area contributed by atoms with Gasteiger partial charge in [-0.25, -0.2) is 17.7 Å². The Morgan fingerprint density at radius 3 is 2.49 bits per heavy atom. The number of aromatic nitrogens is 1. The summed E-state index contributed by atoms with van der Waals surface area (Å²) < 4.78 is 37.7. The van der Waals surface area contributed by atoms with E-state index in [0.29, 0.717) is 36.3 Å². The Morgan fingerprint density at radius 1 is 1.14 bits per heavy atom. The van der Waals surface area contributed by atoms with E-state index in [1.807, 2.05) is 12.1 Å². The third-order valence-electron chi connectivity index (χ3n) is 5.29. The van der Waals surface area contributed by atoms with E-state index in [1.54, 1.807) is 25.3 Å². The molecule has 0 bridgehead atoms. The number of nitrogens with one attached hydrogen (secondary N) is 1. The normalized spacial score (nSPS) is 11.7. The van der Waals surface area contributed by atoms with Gasteiger partial charge in [-0.05, 0) is 43.0 Å². The second-order valence-corrected chi connectivity index (χ2v) is 11.0. The number of benzene rings is 2. The summed E-state index contributed by atoms with van der Waals surface area (Å²) in [7, 11) is -0.853. The van der Waals surface area contributed by atoms with Gasteiger partial charge in [-0.15, -0.1) is 0 Å². The standard InChI is InChI=1S/C26H33N3O5S/c1-6-33-22-12-11-21(16-24(22)35(31,32)29(4)5)28-25(30)13-14-26-27-17-23(34-26)20-9-7-19(8-10-20)15-18(2)3/h7-12,16-18H,6,13-15H2,1-5H3,(H,28,30). The molecule has 2 aromatic carbocycles. The molecule has 3 rings (SSSR count). The molecule has 0 aliphatic heterocycles. The summed E-state index contributed by atoms with van der Waals surface area (Å²) in [6.07, 6.45) is 3.14. The van der Waals surface area contributed by atoms with Crippen LogP contribution < -0.4 is 10.1 Å². The van der Waals surface area contributed by atoms with Gasteiger partial charge in [-0.3, -0.25) is 4.79 Å². The second kappa shape index (κ2) is 11.5. The van der Waals surface area contributed by atoms with Crippen molar-refractivity contribution in [2.75, 3.05) is 26.0 Å². The molecule has 188 valence electrons. The predicted octanol–water partition coefficient (Wildman–Crippen LogP) is 4.76. The van der Waals surface area contributed by atoms with Gasteiger partial charge in [0.1, 0.15) is 10.6 Å². The van der Waals surface area contributed by atoms with Crippen LogP contribution in [0.1, 0.15) is 38.6 Å². The van der Waals surface area contributed by atoms with Crippen LogP contribution in [0.3, 0.4) is 0 Å². The molecule has 1 N–H and O–H groups in total. The van der Waals surface area contributed by atoms with E-state index in [0.717, 1.165) is 16.3 Å². The zero-order valence-corrected chi connectivity index (χ0v) is 21.7. The number of ether oxygens (including phenoxy) is 1. The molecule has 9 heteroatoms. The van der Waals surface area contributed by atoms with E-state index in [-0.39, 0.29) is 23.0 Å². The van der Waals surface area contributed by atoms with E-state index >= 15 is 0 Å². The molecular weight excluding hydrogens is 466 g/mol. The lowest BCUT2D eigenvalue weighted by Crippen LogP contribution is -2.23. The number of hydrogen-bond donors (Lipinski definition) is 1. The third kappa shape index (κ3) is 6.93. The number of sulfonamides is 1. The fourth-order valence-corrected chi connectivity index (χ4v) is 4.59. The van der Waals surface area contributed by atoms with Crippen molar-refractivity contribution in [3.63, 3.8) is 0 Å². The maximum Gasteiger partial charge on any atom is 0.246 e. The fraction of sp³-hybridized carbons (Fsp3) is 0.385. The molecule has 3 aromatic rings. The maximum absolute atomic E-state index is 12.7. The van der Waals surface area contributed by atoms with Gasteiger partial charge in [0, 0.05) is 38.2 Å². The van der Waals surface area contributed by atoms with Crippen molar-refractivity contribution in [2.24, 2.45) is 5.92 Å². The Kier molecular flexibility index (Phi) is 8.69. The van der Waals surface area contributed by atoms with Crippen molar-refractivity contribution in [3.8, 4) is 17.1 Å². The van der Waals surface area contributed by atoms with Gasteiger partial charge in [0.05, 0.1) is 12.8 Å². The molecule has 0 radical (unpaired) electrons. The molecule has 0 aliphatic carbocycles. The monoisotopic (exact) mass is 499 g/mol. The first-order valence-electron chi connectivity index (χ1n) is 11.6. The number of anilines is 1. The Morgan fingerprint density at radius 2 is 1.86 bits per heavy atom. The zero-order valence-electron chi connectivity index (χ0n) is 20.9. The van der Waals surface area contributed by atoms with Crippen LogP contribution in [-0.4, -0.2) is 44.3 Å². The second-order valence-electron chi connectivity index (χ2n) is 8.84. The lowest BCUT2D eigenvalue weighted by molar-refractivity contribution is -0.116. The van der Waals surface area contributed by atoms with Gasteiger partial charge in [0.15, 0.2) is 11.7 Å². The van der Waals surface area contributed by atoms with Crippen molar-refractivity contribution >= 4 is 21.6 Å². The number of nitrogens with zero attached hydrogens (tertiary/aromatic N) is 2. The van der Waals surface area contributed by atoms with Crippen molar-refractivity contribution in [3.05, 3.63) is 60.1 Å². The SMILES string of the molecule is CCOc1ccc(NC(=O)CCc2ncc(-c3ccc(CC(C)C)cc3)o2)cc1S(=O)(=O)N(C)C. The smallest absolute Gasteiger partial charge is 0.246 e. The third-order valence-corrected chi connectivity index (χ3v) is 7.12. The summed E-state index contributed by atoms with van der Waals surface area (Å²) in [5.41, 5.74) is 2.58. The molecule has 0 saturated heterocycles. The van der Waals surface area contributed by atoms with E-state index in [2.05, 4.69) is 36.3 Å². The molecule has 35 heavy (non-hydrogen) atoms. The molecule has 1 heterocycles. The lowest BCUT2D eigenvalue weighted by Gasteiger charge is -2.16. The van der Waals surface area contributed by atoms with Crippen LogP contribution in [0.2, 0.25) is 0 Å². The van der Waals surface area contributed by atoms with Gasteiger partial charge in [-0.1, -0.05) is 38.1 Å². The van der Waals surface area contributed by atoms with Crippen LogP contribution in [-0.2, 0) is 27.7 Å². The van der Waals surface area contributed by atoms with E-state index in [1.165, 1.54) is 25.7 Å². The molecule has 0 saturated carbocycles. The Hall–Kier alpha value is -3.17. The van der Waals surface area contributed by atoms with Gasteiger partial charge in [-0.2, -0.15) is 0 Å². The summed E-state index contributed by atoms with van der Waals surface area (Å²) >= 11 is 0. The highest BCUT2D eigenvalue weighted by molar-refractivity contribution is 7.89. The lowest BCUT2D eigenvalue weighted by atomic mass is 10.0. The van der Waals surface area contributed by atoms with Crippen LogP contribution in [0.25, 0.3) is 11.3 Å². The van der Waals surface area contributed by atoms with Gasteiger partial charge in [0.2, 0.25) is 15.9 Å². The number of aryl methyl sites for hydroxylation is 1. The first-order valence-corrected chi connectivity index (χ1v) is 13.1. The Labute approximate surface area is 207 Å². The number of carbonyl (C=O) groups excluding carboxylic acids is 1. The largest absolute Gasteiger partial charge is 0.492 e. The van der Waals surface area contributed by atoms with E-state index in [9.17, 15) is 13.2 Å². The van der Waals surface area contributed by atoms with Crippen LogP contribution >= 0.6 is 0 Å². The Bertz CT molecular complexity index is 1250. The zero-order chi connectivity index (χ0) is 25.6. The van der Waals surface area contributed by atoms with Gasteiger partial charge < -0.3 is 14.5 Å². The van der Waals surface area contributed by atoms with Crippen molar-refractivity contribution in [2.45, 2.75) is 44.9 Å². The molecular formula is C26H33N3O5S. The molecule has 0 aliphatic rings. The summed E-state index contributed by atoms with van der Waals surface area (Å²) in [6.45, 7) is 6.47. The van der Waals surface area contributed by atoms with Gasteiger partial charge in [0.25, 0.3) is 0 Å². The van der Waals surface area contributed by atoms with Crippen LogP contribution in [0.15, 0.2) is 58.0 Å². The first kappa shape index (κ1) is 26.4. The van der Waals surface area contributed by atoms with Crippen molar-refractivity contribution in [1.29, 1.82) is 0 Å². The molecule has 0 spiro atoms. The summed E-state index contributed by atoms with van der Waals surface area (Å²) in [6, 6.07) is 12.8. The quantitative estimate of drug-likeness (QED) is 0.408. The first-order chi connectivity index (χ1) is 16.6. The van der Waals surface area contributed by atoms with E-state index < -0.39 is 10.0 Å². The molecule has 1 aromatic heterocycles. The number of rotatable bonds is 11. The Balaban J connectivity index is 1.63. The number of oxazole rings is 1. The topological polar surface area (TPSA) is 102 Å². The molecule has 0 fully saturated rings. The van der Waals surface area contributed by atoms with Crippen LogP contribution in [0.5, 0.6) is 5.75 Å². The fourth-order valence-electron chi connectivity index (χ4n) is 3.54. The molecule has 1 amide bonds. The minimum Gasteiger partial charge on any atom is -0.492 e. The minimum atomic E-state index is -3.74. The average molecular weight is 500 g/mol. The number of amides is 1. The molecule has 0 atom stereocenters. The highest BCUT2D eigenvalue weighted by Gasteiger charge is 2.23. The van der Waals surface area contributed by atoms with Gasteiger partial charge >= 0.3 is 0 Å². The van der Waals surface area contributed by atoms with Crippen LogP contribution in [0, 0.1) is 5.92 Å². The van der Waals surface area contributed by atoms with Crippen molar-refractivity contribution in [1.82, 2.24) is 9.29 Å².